The third kappa shape index (κ3) is 5.36. The predicted octanol–water partition coefficient (Wildman–Crippen LogP) is 3.99. The molecule has 12 heteroatoms. The van der Waals surface area contributed by atoms with Crippen molar-refractivity contribution in [2.75, 3.05) is 17.2 Å². The van der Waals surface area contributed by atoms with E-state index in [-0.39, 0.29) is 24.7 Å². The molecule has 3 heterocycles. The van der Waals surface area contributed by atoms with E-state index in [1.165, 1.54) is 29.5 Å². The number of aromatic nitrogens is 4. The highest BCUT2D eigenvalue weighted by Crippen LogP contribution is 2.39. The highest BCUT2D eigenvalue weighted by molar-refractivity contribution is 7.21. The first-order chi connectivity index (χ1) is 19.2. The summed E-state index contributed by atoms with van der Waals surface area (Å²) in [6.45, 7) is 5.42. The molecule has 1 aromatic carbocycles. The van der Waals surface area contributed by atoms with E-state index >= 15 is 0 Å². The number of aliphatic hydroxyl groups is 3. The highest BCUT2D eigenvalue weighted by Gasteiger charge is 2.41. The molecule has 0 aliphatic heterocycles. The molecule has 0 bridgehead atoms. The van der Waals surface area contributed by atoms with Crippen LogP contribution < -0.4 is 10.6 Å². The number of aryl methyl sites for hydroxylation is 3. The van der Waals surface area contributed by atoms with Crippen LogP contribution >= 0.6 is 11.3 Å². The lowest BCUT2D eigenvalue weighted by Gasteiger charge is -2.21. The fourth-order valence-electron chi connectivity index (χ4n) is 5.09. The number of nitrogens with one attached hydrogen (secondary N) is 2. The summed E-state index contributed by atoms with van der Waals surface area (Å²) in [6, 6.07) is 5.09. The Balaban J connectivity index is 1.57. The Labute approximate surface area is 234 Å². The molecule has 5 N–H and O–H groups in total. The van der Waals surface area contributed by atoms with Crippen molar-refractivity contribution in [3.8, 4) is 10.6 Å². The number of hydrogen-bond donors (Lipinski definition) is 5. The minimum absolute atomic E-state index is 0.128. The summed E-state index contributed by atoms with van der Waals surface area (Å²) in [5.74, 6) is -1.38. The first-order valence-corrected chi connectivity index (χ1v) is 14.1. The molecule has 1 aliphatic rings. The van der Waals surface area contributed by atoms with Gasteiger partial charge in [-0.1, -0.05) is 19.9 Å². The molecule has 1 unspecified atom stereocenters. The number of nitrogens with zero attached hydrogens (tertiary/aromatic N) is 4. The molecule has 9 nitrogen and oxygen atoms in total. The number of rotatable bonds is 9. The van der Waals surface area contributed by atoms with Crippen LogP contribution in [-0.2, 0) is 19.4 Å². The summed E-state index contributed by atoms with van der Waals surface area (Å²) in [7, 11) is 0. The van der Waals surface area contributed by atoms with Crippen LogP contribution in [0.1, 0.15) is 42.9 Å². The molecule has 0 amide bonds. The molecule has 1 fully saturated rings. The second kappa shape index (κ2) is 11.7. The topological polar surface area (TPSA) is 136 Å². The van der Waals surface area contributed by atoms with E-state index in [2.05, 4.69) is 27.5 Å². The molecule has 4 aromatic rings. The third-order valence-corrected chi connectivity index (χ3v) is 8.37. The molecule has 0 saturated heterocycles. The highest BCUT2D eigenvalue weighted by atomic mass is 32.1. The predicted molar refractivity (Wildman–Crippen MR) is 150 cm³/mol. The number of aliphatic hydroxyl groups excluding tert-OH is 3. The summed E-state index contributed by atoms with van der Waals surface area (Å²) in [5.41, 5.74) is 3.71. The van der Waals surface area contributed by atoms with Crippen LogP contribution in [0.25, 0.3) is 20.8 Å². The largest absolute Gasteiger partial charge is 0.396 e. The average molecular weight is 571 g/mol. The van der Waals surface area contributed by atoms with Crippen LogP contribution in [0.3, 0.4) is 0 Å². The van der Waals surface area contributed by atoms with Gasteiger partial charge in [-0.3, -0.25) is 4.98 Å². The zero-order valence-corrected chi connectivity index (χ0v) is 23.3. The van der Waals surface area contributed by atoms with Crippen molar-refractivity contribution in [1.29, 1.82) is 0 Å². The molecule has 4 atom stereocenters. The maximum absolute atomic E-state index is 14.2. The van der Waals surface area contributed by atoms with Crippen LogP contribution in [0.2, 0.25) is 0 Å². The van der Waals surface area contributed by atoms with Gasteiger partial charge in [0.2, 0.25) is 5.95 Å². The minimum atomic E-state index is -1.14. The third-order valence-electron chi connectivity index (χ3n) is 7.35. The summed E-state index contributed by atoms with van der Waals surface area (Å²) in [4.78, 5) is 18.8. The minimum Gasteiger partial charge on any atom is -0.396 e. The van der Waals surface area contributed by atoms with Gasteiger partial charge in [-0.2, -0.15) is 4.98 Å². The number of pyridine rings is 1. The van der Waals surface area contributed by atoms with E-state index in [1.807, 2.05) is 13.0 Å². The summed E-state index contributed by atoms with van der Waals surface area (Å²) < 4.78 is 29.4. The van der Waals surface area contributed by atoms with Gasteiger partial charge in [-0.25, -0.2) is 18.7 Å². The summed E-state index contributed by atoms with van der Waals surface area (Å²) >= 11 is 1.48. The Bertz CT molecular complexity index is 1510. The average Bonchev–Trinajstić information content (AvgIpc) is 3.48. The number of hydrogen-bond acceptors (Lipinski definition) is 10. The first-order valence-electron chi connectivity index (χ1n) is 13.3. The Hall–Kier alpha value is -3.32. The van der Waals surface area contributed by atoms with Gasteiger partial charge in [-0.05, 0) is 44.4 Å². The van der Waals surface area contributed by atoms with Crippen molar-refractivity contribution in [2.24, 2.45) is 5.92 Å². The second-order valence-electron chi connectivity index (χ2n) is 9.95. The molecule has 0 radical (unpaired) electrons. The molecule has 5 rings (SSSR count). The molecule has 212 valence electrons. The molecule has 40 heavy (non-hydrogen) atoms. The zero-order valence-electron chi connectivity index (χ0n) is 22.4. The Morgan fingerprint density at radius 3 is 2.42 bits per heavy atom. The lowest BCUT2D eigenvalue weighted by Crippen LogP contribution is -2.35. The summed E-state index contributed by atoms with van der Waals surface area (Å²) in [5, 5.41) is 37.5. The summed E-state index contributed by atoms with van der Waals surface area (Å²) in [6.07, 6.45) is -0.403. The van der Waals surface area contributed by atoms with Crippen molar-refractivity contribution in [1.82, 2.24) is 19.9 Å². The van der Waals surface area contributed by atoms with Gasteiger partial charge in [0.25, 0.3) is 0 Å². The monoisotopic (exact) mass is 570 g/mol. The van der Waals surface area contributed by atoms with Gasteiger partial charge in [-0.15, -0.1) is 11.3 Å². The molecule has 3 aromatic heterocycles. The lowest BCUT2D eigenvalue weighted by molar-refractivity contribution is 0.00446. The van der Waals surface area contributed by atoms with Gasteiger partial charge in [0.05, 0.1) is 33.8 Å². The van der Waals surface area contributed by atoms with Gasteiger partial charge in [0, 0.05) is 30.3 Å². The first kappa shape index (κ1) is 28.2. The molecule has 0 spiro atoms. The number of fused-ring (bicyclic) bond motifs is 1. The van der Waals surface area contributed by atoms with Crippen LogP contribution in [0.4, 0.5) is 20.5 Å². The van der Waals surface area contributed by atoms with E-state index in [0.29, 0.717) is 28.5 Å². The molecular weight excluding hydrogens is 538 g/mol. The molecule has 1 aliphatic carbocycles. The van der Waals surface area contributed by atoms with E-state index in [4.69, 9.17) is 9.97 Å². The number of halogens is 2. The quantitative estimate of drug-likeness (QED) is 0.202. The number of thiazole rings is 1. The zero-order chi connectivity index (χ0) is 28.6. The Kier molecular flexibility index (Phi) is 8.22. The van der Waals surface area contributed by atoms with Crippen molar-refractivity contribution in [2.45, 2.75) is 64.8 Å². The molecule has 1 saturated carbocycles. The van der Waals surface area contributed by atoms with Gasteiger partial charge in [0.15, 0.2) is 0 Å². The Morgan fingerprint density at radius 1 is 1.02 bits per heavy atom. The number of benzene rings is 1. The van der Waals surface area contributed by atoms with E-state index in [9.17, 15) is 24.1 Å². The normalized spacial score (nSPS) is 20.8. The Morgan fingerprint density at radius 2 is 1.77 bits per heavy atom. The SMILES string of the molecule is CCc1cc2sc(-c3c(C)nc(NCc4c(F)cccc4F)nc3NC3C[C@H](CO)[C@@H](O)[C@H]3O)nc2c(CC)n1. The van der Waals surface area contributed by atoms with Gasteiger partial charge >= 0.3 is 0 Å². The fourth-order valence-corrected chi connectivity index (χ4v) is 6.23. The van der Waals surface area contributed by atoms with E-state index in [1.54, 1.807) is 6.92 Å². The second-order valence-corrected chi connectivity index (χ2v) is 11.0. The van der Waals surface area contributed by atoms with Crippen LogP contribution in [-0.4, -0.2) is 60.1 Å². The van der Waals surface area contributed by atoms with Crippen molar-refractivity contribution >= 4 is 33.3 Å². The number of anilines is 2. The smallest absolute Gasteiger partial charge is 0.225 e. The lowest BCUT2D eigenvalue weighted by atomic mass is 10.1. The van der Waals surface area contributed by atoms with Crippen molar-refractivity contribution in [3.05, 3.63) is 58.5 Å². The van der Waals surface area contributed by atoms with Crippen LogP contribution in [0, 0.1) is 24.5 Å². The van der Waals surface area contributed by atoms with Gasteiger partial charge < -0.3 is 26.0 Å². The van der Waals surface area contributed by atoms with E-state index in [0.717, 1.165) is 34.4 Å². The van der Waals surface area contributed by atoms with Crippen LogP contribution in [0.15, 0.2) is 24.3 Å². The maximum Gasteiger partial charge on any atom is 0.225 e. The van der Waals surface area contributed by atoms with Crippen LogP contribution in [0.5, 0.6) is 0 Å². The maximum atomic E-state index is 14.2. The fraction of sp³-hybridized carbons (Fsp3) is 0.429. The van der Waals surface area contributed by atoms with Gasteiger partial charge in [0.1, 0.15) is 34.1 Å². The standard InChI is InChI=1S/C28H32F2N6O3S/c1-4-15-10-21-23(19(5-2)33-15)35-27(40-21)22-13(3)32-28(31-11-16-17(29)7-6-8-18(16)30)36-26(22)34-20-9-14(12-37)24(38)25(20)39/h6-8,10,14,20,24-25,37-39H,4-5,9,11-12H2,1-3H3,(H2,31,32,34,36)/t14-,20?,24-,25+/m1/s1. The van der Waals surface area contributed by atoms with E-state index < -0.39 is 35.8 Å². The molecular formula is C28H32F2N6O3S. The van der Waals surface area contributed by atoms with Crippen molar-refractivity contribution in [3.63, 3.8) is 0 Å². The van der Waals surface area contributed by atoms with Crippen molar-refractivity contribution < 1.29 is 24.1 Å².